The van der Waals surface area contributed by atoms with Gasteiger partial charge in [-0.1, -0.05) is 54.6 Å². The number of hydrogen-bond acceptors (Lipinski definition) is 4. The molecule has 0 saturated carbocycles. The van der Waals surface area contributed by atoms with E-state index in [0.29, 0.717) is 19.4 Å². The molecule has 3 aromatic rings. The molecule has 3 aromatic carbocycles. The van der Waals surface area contributed by atoms with Crippen LogP contribution in [0.5, 0.6) is 5.75 Å². The van der Waals surface area contributed by atoms with E-state index in [4.69, 9.17) is 4.74 Å². The zero-order valence-electron chi connectivity index (χ0n) is 17.0. The van der Waals surface area contributed by atoms with Crippen molar-refractivity contribution >= 4 is 11.7 Å². The fraction of sp³-hybridized carbons (Fsp3) is 0.240. The van der Waals surface area contributed by atoms with E-state index >= 15 is 0 Å². The number of aryl methyl sites for hydroxylation is 1. The first-order valence-corrected chi connectivity index (χ1v) is 9.76. The Labute approximate surface area is 172 Å². The Bertz CT molecular complexity index is 890. The number of nitrogens with zero attached hydrogens (tertiary/aromatic N) is 1. The molecule has 29 heavy (non-hydrogen) atoms. The smallest absolute Gasteiger partial charge is 0.305 e. The summed E-state index contributed by atoms with van der Waals surface area (Å²) in [6.45, 7) is 1.38. The highest BCUT2D eigenvalue weighted by atomic mass is 16.5. The van der Waals surface area contributed by atoms with Crippen LogP contribution in [0.3, 0.4) is 0 Å². The molecule has 0 fully saturated rings. The minimum Gasteiger partial charge on any atom is -0.489 e. The standard InChI is InChI=1S/C25H27NO3/c1-26(23-6-4-3-5-7-23)18-21-8-10-22(11-9-21)19-29-24-15-12-20(13-16-24)14-17-25(27)28-2/h3-13,15-16H,14,17-19H2,1-2H3. The Morgan fingerprint density at radius 1 is 0.828 bits per heavy atom. The first-order valence-electron chi connectivity index (χ1n) is 9.76. The van der Waals surface area contributed by atoms with Crippen LogP contribution in [0.25, 0.3) is 0 Å². The van der Waals surface area contributed by atoms with Crippen LogP contribution in [0.4, 0.5) is 5.69 Å². The van der Waals surface area contributed by atoms with Crippen molar-refractivity contribution in [3.8, 4) is 5.75 Å². The number of carbonyl (C=O) groups excluding carboxylic acids is 1. The molecule has 0 radical (unpaired) electrons. The zero-order valence-corrected chi connectivity index (χ0v) is 17.0. The molecule has 0 spiro atoms. The van der Waals surface area contributed by atoms with Gasteiger partial charge in [0.2, 0.25) is 0 Å². The van der Waals surface area contributed by atoms with E-state index < -0.39 is 0 Å². The Kier molecular flexibility index (Phi) is 7.28. The molecule has 0 unspecified atom stereocenters. The molecule has 0 saturated heterocycles. The summed E-state index contributed by atoms with van der Waals surface area (Å²) in [5.41, 5.74) is 4.69. The molecule has 0 aliphatic heterocycles. The number of benzene rings is 3. The maximum atomic E-state index is 11.2. The third-order valence-corrected chi connectivity index (χ3v) is 4.81. The van der Waals surface area contributed by atoms with Crippen LogP contribution in [-0.2, 0) is 29.1 Å². The first kappa shape index (κ1) is 20.5. The average Bonchev–Trinajstić information content (AvgIpc) is 2.78. The number of esters is 1. The summed E-state index contributed by atoms with van der Waals surface area (Å²) in [6.07, 6.45) is 1.06. The summed E-state index contributed by atoms with van der Waals surface area (Å²) in [4.78, 5) is 13.4. The molecule has 0 bridgehead atoms. The summed E-state index contributed by atoms with van der Waals surface area (Å²) in [5.74, 6) is 0.628. The van der Waals surface area contributed by atoms with Gasteiger partial charge in [-0.15, -0.1) is 0 Å². The van der Waals surface area contributed by atoms with Gasteiger partial charge >= 0.3 is 5.97 Å². The fourth-order valence-corrected chi connectivity index (χ4v) is 3.06. The summed E-state index contributed by atoms with van der Waals surface area (Å²) < 4.78 is 10.6. The lowest BCUT2D eigenvalue weighted by Gasteiger charge is -2.19. The van der Waals surface area contributed by atoms with Crippen LogP contribution in [0.1, 0.15) is 23.1 Å². The molecule has 4 nitrogen and oxygen atoms in total. The van der Waals surface area contributed by atoms with Gasteiger partial charge in [0.05, 0.1) is 7.11 Å². The minimum absolute atomic E-state index is 0.191. The van der Waals surface area contributed by atoms with Gasteiger partial charge in [0, 0.05) is 25.7 Å². The van der Waals surface area contributed by atoms with Gasteiger partial charge in [0.1, 0.15) is 12.4 Å². The highest BCUT2D eigenvalue weighted by Crippen LogP contribution is 2.17. The average molecular weight is 389 g/mol. The number of carbonyl (C=O) groups is 1. The Hall–Kier alpha value is -3.27. The van der Waals surface area contributed by atoms with E-state index in [9.17, 15) is 4.79 Å². The molecule has 150 valence electrons. The molecular weight excluding hydrogens is 362 g/mol. The van der Waals surface area contributed by atoms with E-state index in [0.717, 1.165) is 23.4 Å². The van der Waals surface area contributed by atoms with Crippen molar-refractivity contribution < 1.29 is 14.3 Å². The molecule has 0 atom stereocenters. The molecule has 0 aliphatic carbocycles. The monoisotopic (exact) mass is 389 g/mol. The summed E-state index contributed by atoms with van der Waals surface area (Å²) in [5, 5.41) is 0. The molecule has 3 rings (SSSR count). The third-order valence-electron chi connectivity index (χ3n) is 4.81. The predicted molar refractivity (Wildman–Crippen MR) is 116 cm³/mol. The highest BCUT2D eigenvalue weighted by Gasteiger charge is 2.04. The molecule has 0 N–H and O–H groups in total. The van der Waals surface area contributed by atoms with Crippen LogP contribution in [-0.4, -0.2) is 20.1 Å². The maximum absolute atomic E-state index is 11.2. The number of rotatable bonds is 9. The summed E-state index contributed by atoms with van der Waals surface area (Å²) in [6, 6.07) is 26.7. The number of ether oxygens (including phenoxy) is 2. The van der Waals surface area contributed by atoms with Crippen LogP contribution < -0.4 is 9.64 Å². The quantitative estimate of drug-likeness (QED) is 0.482. The largest absolute Gasteiger partial charge is 0.489 e. The van der Waals surface area contributed by atoms with Gasteiger partial charge in [-0.05, 0) is 47.4 Å². The van der Waals surface area contributed by atoms with Crippen LogP contribution in [0.15, 0.2) is 78.9 Å². The summed E-state index contributed by atoms with van der Waals surface area (Å²) >= 11 is 0. The SMILES string of the molecule is COC(=O)CCc1ccc(OCc2ccc(CN(C)c3ccccc3)cc2)cc1. The van der Waals surface area contributed by atoms with Crippen molar-refractivity contribution in [3.05, 3.63) is 95.6 Å². The number of methoxy groups -OCH3 is 1. The zero-order chi connectivity index (χ0) is 20.5. The van der Waals surface area contributed by atoms with E-state index in [-0.39, 0.29) is 5.97 Å². The predicted octanol–water partition coefficient (Wildman–Crippen LogP) is 5.01. The van der Waals surface area contributed by atoms with E-state index in [1.807, 2.05) is 30.3 Å². The second kappa shape index (κ2) is 10.3. The number of hydrogen-bond donors (Lipinski definition) is 0. The fourth-order valence-electron chi connectivity index (χ4n) is 3.06. The highest BCUT2D eigenvalue weighted by molar-refractivity contribution is 5.69. The third kappa shape index (κ3) is 6.39. The Balaban J connectivity index is 1.48. The van der Waals surface area contributed by atoms with Crippen molar-refractivity contribution in [2.75, 3.05) is 19.1 Å². The van der Waals surface area contributed by atoms with E-state index in [1.54, 1.807) is 0 Å². The molecule has 0 amide bonds. The molecule has 0 aliphatic rings. The van der Waals surface area contributed by atoms with Gasteiger partial charge in [-0.2, -0.15) is 0 Å². The summed E-state index contributed by atoms with van der Waals surface area (Å²) in [7, 11) is 3.51. The van der Waals surface area contributed by atoms with Gasteiger partial charge in [0.15, 0.2) is 0 Å². The van der Waals surface area contributed by atoms with Crippen molar-refractivity contribution in [2.24, 2.45) is 0 Å². The van der Waals surface area contributed by atoms with Crippen LogP contribution in [0, 0.1) is 0 Å². The molecular formula is C25H27NO3. The van der Waals surface area contributed by atoms with Crippen LogP contribution >= 0.6 is 0 Å². The number of anilines is 1. The number of para-hydroxylation sites is 1. The lowest BCUT2D eigenvalue weighted by molar-refractivity contribution is -0.140. The van der Waals surface area contributed by atoms with Crippen molar-refractivity contribution in [3.63, 3.8) is 0 Å². The molecule has 0 heterocycles. The van der Waals surface area contributed by atoms with Crippen molar-refractivity contribution in [2.45, 2.75) is 26.0 Å². The topological polar surface area (TPSA) is 38.8 Å². The maximum Gasteiger partial charge on any atom is 0.305 e. The lowest BCUT2D eigenvalue weighted by Crippen LogP contribution is -2.16. The van der Waals surface area contributed by atoms with E-state index in [2.05, 4.69) is 65.2 Å². The van der Waals surface area contributed by atoms with Crippen molar-refractivity contribution in [1.29, 1.82) is 0 Å². The van der Waals surface area contributed by atoms with Crippen molar-refractivity contribution in [1.82, 2.24) is 0 Å². The molecule has 4 heteroatoms. The van der Waals surface area contributed by atoms with Crippen LogP contribution in [0.2, 0.25) is 0 Å². The van der Waals surface area contributed by atoms with E-state index in [1.165, 1.54) is 18.4 Å². The first-order chi connectivity index (χ1) is 14.1. The van der Waals surface area contributed by atoms with Gasteiger partial charge in [-0.3, -0.25) is 4.79 Å². The second-order valence-corrected chi connectivity index (χ2v) is 7.02. The van der Waals surface area contributed by atoms with Gasteiger partial charge < -0.3 is 14.4 Å². The van der Waals surface area contributed by atoms with Gasteiger partial charge in [0.25, 0.3) is 0 Å². The molecule has 0 aromatic heterocycles. The van der Waals surface area contributed by atoms with Gasteiger partial charge in [-0.25, -0.2) is 0 Å². The minimum atomic E-state index is -0.191. The Morgan fingerprint density at radius 2 is 1.45 bits per heavy atom. The second-order valence-electron chi connectivity index (χ2n) is 7.02. The normalized spacial score (nSPS) is 10.4. The Morgan fingerprint density at radius 3 is 2.10 bits per heavy atom. The lowest BCUT2D eigenvalue weighted by atomic mass is 10.1.